The maximum atomic E-state index is 8.00. The van der Waals surface area contributed by atoms with E-state index in [-0.39, 0.29) is 17.1 Å². The van der Waals surface area contributed by atoms with Gasteiger partial charge >= 0.3 is 0 Å². The van der Waals surface area contributed by atoms with Gasteiger partial charge in [0.05, 0.1) is 0 Å². The molecular weight excluding hydrogens is 224 g/mol. The third kappa shape index (κ3) is 360. The Hall–Kier alpha value is -1.46. The second-order valence-electron chi connectivity index (χ2n) is 0. The predicted molar refractivity (Wildman–Crippen MR) is 42.7 cm³/mol. The van der Waals surface area contributed by atoms with Gasteiger partial charge in [-0.25, -0.2) is 0 Å². The maximum Gasteiger partial charge on any atom is 0.106 e. The van der Waals surface area contributed by atoms with Crippen molar-refractivity contribution in [2.24, 2.45) is 0 Å². The first-order chi connectivity index (χ1) is 6.00. The van der Waals surface area contributed by atoms with Gasteiger partial charge in [-0.15, -0.1) is 0 Å². The zero-order chi connectivity index (χ0) is 12.0. The molecule has 0 aromatic heterocycles. The zero-order valence-corrected chi connectivity index (χ0v) is 8.15. The number of rotatable bonds is 0. The van der Waals surface area contributed by atoms with E-state index in [0.717, 1.165) is 0 Å². The standard InChI is InChI=1S/6CH2O.Fe/c6*1-2;/h6*1H2;. The Morgan fingerprint density at radius 1 is 0.308 bits per heavy atom. The average Bonchev–Trinajstić information content (AvgIpc) is 2.33. The Bertz CT molecular complexity index is 32.6. The number of hydrogen-bond donors (Lipinski definition) is 0. The van der Waals surface area contributed by atoms with E-state index in [0.29, 0.717) is 0 Å². The molecule has 0 rings (SSSR count). The van der Waals surface area contributed by atoms with E-state index in [1.807, 2.05) is 40.7 Å². The van der Waals surface area contributed by atoms with Crippen LogP contribution >= 0.6 is 0 Å². The molecule has 0 spiro atoms. The fraction of sp³-hybridized carbons (Fsp3) is 0. The molecule has 0 unspecified atom stereocenters. The van der Waals surface area contributed by atoms with Crippen molar-refractivity contribution in [3.05, 3.63) is 0 Å². The summed E-state index contributed by atoms with van der Waals surface area (Å²) in [5, 5.41) is 0. The van der Waals surface area contributed by atoms with Gasteiger partial charge in [0.2, 0.25) is 0 Å². The summed E-state index contributed by atoms with van der Waals surface area (Å²) in [4.78, 5) is 48.0. The van der Waals surface area contributed by atoms with Crippen LogP contribution in [0, 0.1) is 0 Å². The monoisotopic (exact) mass is 236 g/mol. The molecule has 80 valence electrons. The minimum atomic E-state index is 0. The Labute approximate surface area is 87.2 Å². The van der Waals surface area contributed by atoms with Gasteiger partial charge in [-0.3, -0.25) is 0 Å². The quantitative estimate of drug-likeness (QED) is 0.494. The fourth-order valence-corrected chi connectivity index (χ4v) is 0. The van der Waals surface area contributed by atoms with Crippen LogP contribution in [0.5, 0.6) is 0 Å². The van der Waals surface area contributed by atoms with Gasteiger partial charge in [0.1, 0.15) is 40.7 Å². The molecule has 6 nitrogen and oxygen atoms in total. The van der Waals surface area contributed by atoms with Crippen LogP contribution in [0.1, 0.15) is 0 Å². The van der Waals surface area contributed by atoms with Crippen LogP contribution in [-0.4, -0.2) is 40.7 Å². The van der Waals surface area contributed by atoms with Crippen molar-refractivity contribution in [2.75, 3.05) is 0 Å². The summed E-state index contributed by atoms with van der Waals surface area (Å²) in [7, 11) is 0. The molecule has 7 heteroatoms. The molecule has 0 bridgehead atoms. The number of hydrogen-bond acceptors (Lipinski definition) is 6. The molecule has 0 radical (unpaired) electrons. The van der Waals surface area contributed by atoms with Gasteiger partial charge in [0, 0.05) is 17.1 Å². The van der Waals surface area contributed by atoms with Gasteiger partial charge < -0.3 is 28.8 Å². The van der Waals surface area contributed by atoms with Crippen molar-refractivity contribution in [3.8, 4) is 0 Å². The molecule has 0 aromatic carbocycles. The van der Waals surface area contributed by atoms with E-state index < -0.39 is 0 Å². The largest absolute Gasteiger partial charge is 0.307 e. The van der Waals surface area contributed by atoms with Gasteiger partial charge in [0.25, 0.3) is 0 Å². The second-order valence-corrected chi connectivity index (χ2v) is 0. The van der Waals surface area contributed by atoms with Crippen molar-refractivity contribution in [1.29, 1.82) is 0 Å². The van der Waals surface area contributed by atoms with Crippen LogP contribution in [0.2, 0.25) is 0 Å². The molecule has 0 amide bonds. The molecule has 0 N–H and O–H groups in total. The Morgan fingerprint density at radius 3 is 0.308 bits per heavy atom. The SMILES string of the molecule is C=O.C=O.C=O.C=O.C=O.C=O.[Fe]. The van der Waals surface area contributed by atoms with E-state index in [2.05, 4.69) is 0 Å². The first-order valence-corrected chi connectivity index (χ1v) is 1.73. The van der Waals surface area contributed by atoms with Crippen LogP contribution in [0.15, 0.2) is 0 Å². The summed E-state index contributed by atoms with van der Waals surface area (Å²) < 4.78 is 0. The zero-order valence-electron chi connectivity index (χ0n) is 7.05. The first kappa shape index (κ1) is 62.2. The van der Waals surface area contributed by atoms with Crippen molar-refractivity contribution in [2.45, 2.75) is 0 Å². The van der Waals surface area contributed by atoms with Crippen molar-refractivity contribution < 1.29 is 45.8 Å². The molecule has 0 aliphatic heterocycles. The number of carbonyl (C=O) groups excluding carboxylic acids is 6. The molecule has 0 aromatic rings. The molecule has 0 saturated carbocycles. The second kappa shape index (κ2) is 450. The van der Waals surface area contributed by atoms with Crippen LogP contribution < -0.4 is 0 Å². The van der Waals surface area contributed by atoms with Crippen LogP contribution in [-0.2, 0) is 45.8 Å². The minimum Gasteiger partial charge on any atom is -0.307 e. The van der Waals surface area contributed by atoms with Gasteiger partial charge in [0.15, 0.2) is 0 Å². The Balaban J connectivity index is -0.00000000655. The van der Waals surface area contributed by atoms with E-state index in [9.17, 15) is 0 Å². The molecule has 0 atom stereocenters. The van der Waals surface area contributed by atoms with Gasteiger partial charge in [-0.05, 0) is 0 Å². The summed E-state index contributed by atoms with van der Waals surface area (Å²) in [5.74, 6) is 0. The van der Waals surface area contributed by atoms with Crippen LogP contribution in [0.4, 0.5) is 0 Å². The topological polar surface area (TPSA) is 102 Å². The average molecular weight is 236 g/mol. The van der Waals surface area contributed by atoms with Crippen LogP contribution in [0.3, 0.4) is 0 Å². The third-order valence-electron chi connectivity index (χ3n) is 0. The number of carbonyl (C=O) groups is 6. The van der Waals surface area contributed by atoms with E-state index in [1.165, 1.54) is 0 Å². The van der Waals surface area contributed by atoms with Crippen LogP contribution in [0.25, 0.3) is 0 Å². The molecule has 13 heavy (non-hydrogen) atoms. The summed E-state index contributed by atoms with van der Waals surface area (Å²) in [5.41, 5.74) is 0. The molecule has 0 aliphatic rings. The van der Waals surface area contributed by atoms with Crippen molar-refractivity contribution in [1.82, 2.24) is 0 Å². The Kier molecular flexibility index (Phi) is 2150. The first-order valence-electron chi connectivity index (χ1n) is 1.73. The summed E-state index contributed by atoms with van der Waals surface area (Å²) in [6.45, 7) is 12.0. The Morgan fingerprint density at radius 2 is 0.308 bits per heavy atom. The smallest absolute Gasteiger partial charge is 0.106 e. The third-order valence-corrected chi connectivity index (χ3v) is 0. The van der Waals surface area contributed by atoms with E-state index in [1.54, 1.807) is 0 Å². The molecular formula is C6H12FeO6. The molecule has 0 aliphatic carbocycles. The summed E-state index contributed by atoms with van der Waals surface area (Å²) in [6.07, 6.45) is 0. The summed E-state index contributed by atoms with van der Waals surface area (Å²) >= 11 is 0. The van der Waals surface area contributed by atoms with Gasteiger partial charge in [-0.1, -0.05) is 0 Å². The minimum absolute atomic E-state index is 0. The van der Waals surface area contributed by atoms with Crippen molar-refractivity contribution >= 4 is 40.7 Å². The predicted octanol–water partition coefficient (Wildman–Crippen LogP) is -1.11. The maximum absolute atomic E-state index is 8.00. The van der Waals surface area contributed by atoms with E-state index >= 15 is 0 Å². The van der Waals surface area contributed by atoms with Crippen molar-refractivity contribution in [3.63, 3.8) is 0 Å². The fourth-order valence-electron chi connectivity index (χ4n) is 0. The molecule has 0 fully saturated rings. The summed E-state index contributed by atoms with van der Waals surface area (Å²) in [6, 6.07) is 0. The van der Waals surface area contributed by atoms with E-state index in [4.69, 9.17) is 28.8 Å². The molecule has 0 saturated heterocycles. The van der Waals surface area contributed by atoms with Gasteiger partial charge in [-0.2, -0.15) is 0 Å². The molecule has 0 heterocycles. The normalized spacial score (nSPS) is 1.85.